The molecular formula is C12H15ClN2O2S. The fourth-order valence-electron chi connectivity index (χ4n) is 2.24. The SMILES string of the molecule is CSC1CCCC1Nc1ccc(Cl)c(C(=O)O)n1. The van der Waals surface area contributed by atoms with Gasteiger partial charge in [0.25, 0.3) is 0 Å². The molecule has 2 rings (SSSR count). The Morgan fingerprint density at radius 2 is 2.33 bits per heavy atom. The zero-order valence-electron chi connectivity index (χ0n) is 10.0. The van der Waals surface area contributed by atoms with Gasteiger partial charge in [-0.05, 0) is 31.2 Å². The van der Waals surface area contributed by atoms with Crippen molar-refractivity contribution in [3.63, 3.8) is 0 Å². The first kappa shape index (κ1) is 13.5. The van der Waals surface area contributed by atoms with Crippen LogP contribution in [0.3, 0.4) is 0 Å². The highest BCUT2D eigenvalue weighted by Gasteiger charge is 2.26. The molecule has 1 aliphatic carbocycles. The number of hydrogen-bond donors (Lipinski definition) is 2. The molecule has 0 amide bonds. The van der Waals surface area contributed by atoms with Crippen LogP contribution in [0.5, 0.6) is 0 Å². The number of aromatic nitrogens is 1. The summed E-state index contributed by atoms with van der Waals surface area (Å²) >= 11 is 7.63. The lowest BCUT2D eigenvalue weighted by atomic mass is 10.2. The summed E-state index contributed by atoms with van der Waals surface area (Å²) in [5, 5.41) is 13.0. The van der Waals surface area contributed by atoms with E-state index in [-0.39, 0.29) is 10.7 Å². The largest absolute Gasteiger partial charge is 0.476 e. The standard InChI is InChI=1S/C12H15ClN2O2S/c1-18-9-4-2-3-8(9)14-10-6-5-7(13)11(15-10)12(16)17/h5-6,8-9H,2-4H2,1H3,(H,14,15)(H,16,17). The molecule has 1 saturated carbocycles. The predicted molar refractivity (Wildman–Crippen MR) is 74.8 cm³/mol. The molecule has 18 heavy (non-hydrogen) atoms. The summed E-state index contributed by atoms with van der Waals surface area (Å²) in [6.45, 7) is 0. The van der Waals surface area contributed by atoms with Crippen LogP contribution in [0.25, 0.3) is 0 Å². The number of nitrogens with one attached hydrogen (secondary N) is 1. The summed E-state index contributed by atoms with van der Waals surface area (Å²) in [6, 6.07) is 3.66. The Bertz CT molecular complexity index is 456. The Balaban J connectivity index is 2.14. The van der Waals surface area contributed by atoms with Crippen LogP contribution in [0.1, 0.15) is 29.8 Å². The lowest BCUT2D eigenvalue weighted by molar-refractivity contribution is 0.0691. The molecule has 1 heterocycles. The number of rotatable bonds is 4. The second kappa shape index (κ2) is 5.80. The van der Waals surface area contributed by atoms with Crippen molar-refractivity contribution in [1.82, 2.24) is 4.98 Å². The maximum Gasteiger partial charge on any atom is 0.356 e. The Kier molecular flexibility index (Phi) is 4.35. The number of hydrogen-bond acceptors (Lipinski definition) is 4. The van der Waals surface area contributed by atoms with Crippen molar-refractivity contribution in [3.05, 3.63) is 22.8 Å². The van der Waals surface area contributed by atoms with Gasteiger partial charge in [0, 0.05) is 11.3 Å². The molecule has 0 radical (unpaired) electrons. The first-order chi connectivity index (χ1) is 8.61. The van der Waals surface area contributed by atoms with E-state index in [1.807, 2.05) is 11.8 Å². The van der Waals surface area contributed by atoms with Crippen molar-refractivity contribution in [2.45, 2.75) is 30.6 Å². The smallest absolute Gasteiger partial charge is 0.356 e. The number of pyridine rings is 1. The van der Waals surface area contributed by atoms with Gasteiger partial charge >= 0.3 is 5.97 Å². The number of halogens is 1. The fraction of sp³-hybridized carbons (Fsp3) is 0.500. The summed E-state index contributed by atoms with van der Waals surface area (Å²) in [5.74, 6) is -0.515. The van der Waals surface area contributed by atoms with Crippen molar-refractivity contribution in [2.75, 3.05) is 11.6 Å². The monoisotopic (exact) mass is 286 g/mol. The van der Waals surface area contributed by atoms with Gasteiger partial charge in [0.1, 0.15) is 5.82 Å². The summed E-state index contributed by atoms with van der Waals surface area (Å²) in [6.07, 6.45) is 5.58. The van der Waals surface area contributed by atoms with Gasteiger partial charge < -0.3 is 10.4 Å². The summed E-state index contributed by atoms with van der Waals surface area (Å²) < 4.78 is 0. The minimum atomic E-state index is -1.10. The third-order valence-corrected chi connectivity index (χ3v) is 4.61. The number of nitrogens with zero attached hydrogens (tertiary/aromatic N) is 1. The molecule has 1 aliphatic rings. The van der Waals surface area contributed by atoms with Gasteiger partial charge in [0.05, 0.1) is 5.02 Å². The average Bonchev–Trinajstić information content (AvgIpc) is 2.78. The second-order valence-electron chi connectivity index (χ2n) is 4.29. The molecule has 0 bridgehead atoms. The van der Waals surface area contributed by atoms with Crippen molar-refractivity contribution < 1.29 is 9.90 Å². The van der Waals surface area contributed by atoms with E-state index in [2.05, 4.69) is 16.6 Å². The van der Waals surface area contributed by atoms with E-state index in [4.69, 9.17) is 16.7 Å². The molecule has 6 heteroatoms. The number of anilines is 1. The van der Waals surface area contributed by atoms with Crippen LogP contribution in [0.2, 0.25) is 5.02 Å². The molecule has 0 spiro atoms. The zero-order chi connectivity index (χ0) is 13.1. The van der Waals surface area contributed by atoms with Crippen molar-refractivity contribution in [1.29, 1.82) is 0 Å². The molecule has 4 nitrogen and oxygen atoms in total. The highest BCUT2D eigenvalue weighted by atomic mass is 35.5. The molecule has 2 N–H and O–H groups in total. The quantitative estimate of drug-likeness (QED) is 0.890. The minimum absolute atomic E-state index is 0.0969. The van der Waals surface area contributed by atoms with Gasteiger partial charge in [-0.1, -0.05) is 18.0 Å². The molecule has 0 aromatic carbocycles. The molecule has 1 aromatic rings. The van der Waals surface area contributed by atoms with Crippen molar-refractivity contribution in [2.24, 2.45) is 0 Å². The first-order valence-corrected chi connectivity index (χ1v) is 7.47. The number of thioether (sulfide) groups is 1. The molecular weight excluding hydrogens is 272 g/mol. The van der Waals surface area contributed by atoms with Crippen molar-refractivity contribution >= 4 is 35.1 Å². The van der Waals surface area contributed by atoms with Crippen LogP contribution in [0.15, 0.2) is 12.1 Å². The van der Waals surface area contributed by atoms with Crippen LogP contribution in [0.4, 0.5) is 5.82 Å². The Morgan fingerprint density at radius 1 is 1.56 bits per heavy atom. The average molecular weight is 287 g/mol. The highest BCUT2D eigenvalue weighted by Crippen LogP contribution is 2.30. The lowest BCUT2D eigenvalue weighted by Gasteiger charge is -2.19. The van der Waals surface area contributed by atoms with Gasteiger partial charge in [-0.3, -0.25) is 0 Å². The van der Waals surface area contributed by atoms with E-state index >= 15 is 0 Å². The molecule has 0 saturated heterocycles. The van der Waals surface area contributed by atoms with Crippen LogP contribution >= 0.6 is 23.4 Å². The first-order valence-electron chi connectivity index (χ1n) is 5.81. The van der Waals surface area contributed by atoms with E-state index in [0.29, 0.717) is 17.1 Å². The second-order valence-corrected chi connectivity index (χ2v) is 5.77. The number of aromatic carboxylic acids is 1. The predicted octanol–water partition coefficient (Wildman–Crippen LogP) is 3.13. The van der Waals surface area contributed by atoms with Gasteiger partial charge in [0.2, 0.25) is 0 Å². The zero-order valence-corrected chi connectivity index (χ0v) is 11.6. The van der Waals surface area contributed by atoms with Gasteiger partial charge in [-0.2, -0.15) is 11.8 Å². The van der Waals surface area contributed by atoms with Crippen LogP contribution in [-0.2, 0) is 0 Å². The van der Waals surface area contributed by atoms with Crippen LogP contribution < -0.4 is 5.32 Å². The van der Waals surface area contributed by atoms with Crippen molar-refractivity contribution in [3.8, 4) is 0 Å². The van der Waals surface area contributed by atoms with Crippen LogP contribution in [0, 0.1) is 0 Å². The van der Waals surface area contributed by atoms with E-state index < -0.39 is 5.97 Å². The van der Waals surface area contributed by atoms with Crippen LogP contribution in [-0.4, -0.2) is 33.6 Å². The van der Waals surface area contributed by atoms with E-state index in [9.17, 15) is 4.79 Å². The minimum Gasteiger partial charge on any atom is -0.476 e. The molecule has 98 valence electrons. The Hall–Kier alpha value is -0.940. The fourth-order valence-corrected chi connectivity index (χ4v) is 3.36. The summed E-state index contributed by atoms with van der Waals surface area (Å²) in [7, 11) is 0. The Labute approximate surface area is 115 Å². The summed E-state index contributed by atoms with van der Waals surface area (Å²) in [5.41, 5.74) is -0.0969. The number of carboxylic acids is 1. The van der Waals surface area contributed by atoms with Gasteiger partial charge in [-0.25, -0.2) is 9.78 Å². The highest BCUT2D eigenvalue weighted by molar-refractivity contribution is 7.99. The normalized spacial score (nSPS) is 23.0. The molecule has 2 unspecified atom stereocenters. The maximum absolute atomic E-state index is 11.0. The third-order valence-electron chi connectivity index (χ3n) is 3.14. The topological polar surface area (TPSA) is 62.2 Å². The number of carbonyl (C=O) groups is 1. The number of carboxylic acid groups (broad SMARTS) is 1. The third kappa shape index (κ3) is 2.90. The molecule has 1 fully saturated rings. The van der Waals surface area contributed by atoms with E-state index in [1.54, 1.807) is 12.1 Å². The van der Waals surface area contributed by atoms with E-state index in [1.165, 1.54) is 12.8 Å². The molecule has 0 aliphatic heterocycles. The maximum atomic E-state index is 11.0. The van der Waals surface area contributed by atoms with Gasteiger partial charge in [0.15, 0.2) is 5.69 Å². The van der Waals surface area contributed by atoms with Gasteiger partial charge in [-0.15, -0.1) is 0 Å². The molecule has 2 atom stereocenters. The summed E-state index contributed by atoms with van der Waals surface area (Å²) in [4.78, 5) is 15.0. The Morgan fingerprint density at radius 3 is 3.00 bits per heavy atom. The lowest BCUT2D eigenvalue weighted by Crippen LogP contribution is -2.26. The molecule has 1 aromatic heterocycles. The van der Waals surface area contributed by atoms with E-state index in [0.717, 1.165) is 6.42 Å².